The standard InChI is InChI=1S/C18H21NO3/c1-12-5-6-13(2)17(11-12)22-14(3)18(20)19-15-7-9-16(21-4)10-8-15/h5-11,14H,1-4H3,(H,19,20). The zero-order valence-electron chi connectivity index (χ0n) is 13.3. The van der Waals surface area contributed by atoms with Crippen molar-refractivity contribution in [1.82, 2.24) is 0 Å². The first-order chi connectivity index (χ1) is 10.5. The second-order valence-corrected chi connectivity index (χ2v) is 5.25. The maximum Gasteiger partial charge on any atom is 0.265 e. The topological polar surface area (TPSA) is 47.6 Å². The Balaban J connectivity index is 2.00. The first-order valence-corrected chi connectivity index (χ1v) is 7.18. The summed E-state index contributed by atoms with van der Waals surface area (Å²) in [6.07, 6.45) is -0.581. The van der Waals surface area contributed by atoms with Crippen molar-refractivity contribution in [3.63, 3.8) is 0 Å². The van der Waals surface area contributed by atoms with E-state index in [0.29, 0.717) is 5.69 Å². The van der Waals surface area contributed by atoms with Crippen LogP contribution >= 0.6 is 0 Å². The van der Waals surface area contributed by atoms with Crippen LogP contribution in [0.2, 0.25) is 0 Å². The summed E-state index contributed by atoms with van der Waals surface area (Å²) in [5, 5.41) is 2.83. The molecule has 116 valence electrons. The molecule has 0 aromatic heterocycles. The van der Waals surface area contributed by atoms with Crippen LogP contribution in [0.3, 0.4) is 0 Å². The van der Waals surface area contributed by atoms with E-state index in [2.05, 4.69) is 5.32 Å². The maximum absolute atomic E-state index is 12.2. The van der Waals surface area contributed by atoms with Crippen LogP contribution in [0.5, 0.6) is 11.5 Å². The summed E-state index contributed by atoms with van der Waals surface area (Å²) in [7, 11) is 1.60. The zero-order chi connectivity index (χ0) is 16.1. The molecule has 1 N–H and O–H groups in total. The molecule has 2 rings (SSSR count). The Labute approximate surface area is 131 Å². The van der Waals surface area contributed by atoms with Gasteiger partial charge < -0.3 is 14.8 Å². The highest BCUT2D eigenvalue weighted by Gasteiger charge is 2.16. The molecule has 2 aromatic rings. The summed E-state index contributed by atoms with van der Waals surface area (Å²) in [6.45, 7) is 5.69. The first-order valence-electron chi connectivity index (χ1n) is 7.18. The van der Waals surface area contributed by atoms with Crippen LogP contribution in [0.15, 0.2) is 42.5 Å². The van der Waals surface area contributed by atoms with Gasteiger partial charge in [0.05, 0.1) is 7.11 Å². The van der Waals surface area contributed by atoms with E-state index in [1.165, 1.54) is 0 Å². The highest BCUT2D eigenvalue weighted by atomic mass is 16.5. The van der Waals surface area contributed by atoms with E-state index < -0.39 is 6.10 Å². The van der Waals surface area contributed by atoms with Crippen molar-refractivity contribution in [2.75, 3.05) is 12.4 Å². The molecular formula is C18H21NO3. The fourth-order valence-electron chi connectivity index (χ4n) is 2.00. The summed E-state index contributed by atoms with van der Waals surface area (Å²) in [6, 6.07) is 13.1. The van der Waals surface area contributed by atoms with Gasteiger partial charge in [-0.3, -0.25) is 4.79 Å². The van der Waals surface area contributed by atoms with Crippen LogP contribution in [0, 0.1) is 13.8 Å². The molecule has 0 spiro atoms. The number of aryl methyl sites for hydroxylation is 2. The molecule has 0 radical (unpaired) electrons. The van der Waals surface area contributed by atoms with Gasteiger partial charge in [0, 0.05) is 5.69 Å². The summed E-state index contributed by atoms with van der Waals surface area (Å²) in [5.74, 6) is 1.29. The Bertz CT molecular complexity index is 650. The molecule has 0 saturated carbocycles. The van der Waals surface area contributed by atoms with E-state index in [4.69, 9.17) is 9.47 Å². The highest BCUT2D eigenvalue weighted by Crippen LogP contribution is 2.21. The quantitative estimate of drug-likeness (QED) is 0.915. The lowest BCUT2D eigenvalue weighted by Gasteiger charge is -2.17. The first kappa shape index (κ1) is 15.9. The van der Waals surface area contributed by atoms with Crippen LogP contribution in [0.4, 0.5) is 5.69 Å². The molecule has 1 atom stereocenters. The number of carbonyl (C=O) groups excluding carboxylic acids is 1. The molecular weight excluding hydrogens is 278 g/mol. The van der Waals surface area contributed by atoms with Gasteiger partial charge in [0.1, 0.15) is 11.5 Å². The number of ether oxygens (including phenoxy) is 2. The predicted octanol–water partition coefficient (Wildman–Crippen LogP) is 3.72. The number of nitrogens with one attached hydrogen (secondary N) is 1. The second-order valence-electron chi connectivity index (χ2n) is 5.25. The lowest BCUT2D eigenvalue weighted by molar-refractivity contribution is -0.122. The van der Waals surface area contributed by atoms with Crippen molar-refractivity contribution in [3.8, 4) is 11.5 Å². The van der Waals surface area contributed by atoms with Gasteiger partial charge in [-0.25, -0.2) is 0 Å². The van der Waals surface area contributed by atoms with E-state index in [0.717, 1.165) is 22.6 Å². The smallest absolute Gasteiger partial charge is 0.265 e. The molecule has 1 unspecified atom stereocenters. The lowest BCUT2D eigenvalue weighted by atomic mass is 10.1. The average molecular weight is 299 g/mol. The second kappa shape index (κ2) is 6.98. The number of hydrogen-bond donors (Lipinski definition) is 1. The van der Waals surface area contributed by atoms with Crippen LogP contribution in [0.1, 0.15) is 18.1 Å². The Kier molecular flexibility index (Phi) is 5.04. The van der Waals surface area contributed by atoms with Crippen molar-refractivity contribution in [1.29, 1.82) is 0 Å². The number of carbonyl (C=O) groups is 1. The largest absolute Gasteiger partial charge is 0.497 e. The Morgan fingerprint density at radius 1 is 1.09 bits per heavy atom. The lowest BCUT2D eigenvalue weighted by Crippen LogP contribution is -2.30. The minimum Gasteiger partial charge on any atom is -0.497 e. The number of rotatable bonds is 5. The Morgan fingerprint density at radius 2 is 1.77 bits per heavy atom. The molecule has 22 heavy (non-hydrogen) atoms. The van der Waals surface area contributed by atoms with Crippen LogP contribution in [-0.4, -0.2) is 19.1 Å². The van der Waals surface area contributed by atoms with Gasteiger partial charge in [-0.05, 0) is 62.2 Å². The predicted molar refractivity (Wildman–Crippen MR) is 87.6 cm³/mol. The minimum atomic E-state index is -0.581. The van der Waals surface area contributed by atoms with E-state index in [1.807, 2.05) is 32.0 Å². The molecule has 1 amide bonds. The number of hydrogen-bond acceptors (Lipinski definition) is 3. The third-order valence-electron chi connectivity index (χ3n) is 3.37. The van der Waals surface area contributed by atoms with Gasteiger partial charge in [0.15, 0.2) is 6.10 Å². The molecule has 4 heteroatoms. The molecule has 0 aliphatic carbocycles. The molecule has 0 aliphatic rings. The van der Waals surface area contributed by atoms with E-state index in [1.54, 1.807) is 38.3 Å². The van der Waals surface area contributed by atoms with E-state index in [-0.39, 0.29) is 5.91 Å². The summed E-state index contributed by atoms with van der Waals surface area (Å²) >= 11 is 0. The number of amides is 1. The van der Waals surface area contributed by atoms with Crippen molar-refractivity contribution in [3.05, 3.63) is 53.6 Å². The molecule has 2 aromatic carbocycles. The molecule has 4 nitrogen and oxygen atoms in total. The summed E-state index contributed by atoms with van der Waals surface area (Å²) in [4.78, 5) is 12.2. The zero-order valence-corrected chi connectivity index (χ0v) is 13.3. The SMILES string of the molecule is COc1ccc(NC(=O)C(C)Oc2cc(C)ccc2C)cc1. The molecule has 0 heterocycles. The molecule has 0 bridgehead atoms. The normalized spacial score (nSPS) is 11.6. The van der Waals surface area contributed by atoms with E-state index in [9.17, 15) is 4.79 Å². The summed E-state index contributed by atoms with van der Waals surface area (Å²) < 4.78 is 10.9. The Morgan fingerprint density at radius 3 is 2.41 bits per heavy atom. The van der Waals surface area contributed by atoms with Gasteiger partial charge in [0.25, 0.3) is 5.91 Å². The number of anilines is 1. The third kappa shape index (κ3) is 4.01. The van der Waals surface area contributed by atoms with Gasteiger partial charge in [-0.1, -0.05) is 12.1 Å². The fourth-order valence-corrected chi connectivity index (χ4v) is 2.00. The van der Waals surface area contributed by atoms with Crippen LogP contribution in [-0.2, 0) is 4.79 Å². The Hall–Kier alpha value is -2.49. The van der Waals surface area contributed by atoms with Crippen molar-refractivity contribution < 1.29 is 14.3 Å². The molecule has 0 saturated heterocycles. The van der Waals surface area contributed by atoms with Crippen molar-refractivity contribution >= 4 is 11.6 Å². The average Bonchev–Trinajstić information content (AvgIpc) is 2.51. The maximum atomic E-state index is 12.2. The van der Waals surface area contributed by atoms with E-state index >= 15 is 0 Å². The molecule has 0 aliphatic heterocycles. The third-order valence-corrected chi connectivity index (χ3v) is 3.37. The van der Waals surface area contributed by atoms with Crippen LogP contribution < -0.4 is 14.8 Å². The monoisotopic (exact) mass is 299 g/mol. The summed E-state index contributed by atoms with van der Waals surface area (Å²) in [5.41, 5.74) is 2.82. The van der Waals surface area contributed by atoms with Crippen molar-refractivity contribution in [2.24, 2.45) is 0 Å². The van der Waals surface area contributed by atoms with Gasteiger partial charge in [-0.2, -0.15) is 0 Å². The highest BCUT2D eigenvalue weighted by molar-refractivity contribution is 5.94. The van der Waals surface area contributed by atoms with Crippen LogP contribution in [0.25, 0.3) is 0 Å². The van der Waals surface area contributed by atoms with Crippen molar-refractivity contribution in [2.45, 2.75) is 26.9 Å². The number of benzene rings is 2. The number of methoxy groups -OCH3 is 1. The molecule has 0 fully saturated rings. The fraction of sp³-hybridized carbons (Fsp3) is 0.278. The van der Waals surface area contributed by atoms with Gasteiger partial charge in [-0.15, -0.1) is 0 Å². The minimum absolute atomic E-state index is 0.189. The van der Waals surface area contributed by atoms with Gasteiger partial charge in [0.2, 0.25) is 0 Å². The van der Waals surface area contributed by atoms with Gasteiger partial charge >= 0.3 is 0 Å².